The molecule has 1 N–H and O–H groups in total. The van der Waals surface area contributed by atoms with Gasteiger partial charge in [-0.05, 0) is 18.8 Å². The number of aromatic nitrogens is 3. The molecule has 0 aromatic carbocycles. The first-order valence-electron chi connectivity index (χ1n) is 6.43. The van der Waals surface area contributed by atoms with Gasteiger partial charge in [0.15, 0.2) is 0 Å². The normalized spacial score (nSPS) is 19.4. The van der Waals surface area contributed by atoms with Crippen LogP contribution in [0.5, 0.6) is 0 Å². The second-order valence-corrected chi connectivity index (χ2v) is 5.07. The summed E-state index contributed by atoms with van der Waals surface area (Å²) in [5.41, 5.74) is 0.368. The van der Waals surface area contributed by atoms with Gasteiger partial charge in [-0.3, -0.25) is 9.59 Å². The summed E-state index contributed by atoms with van der Waals surface area (Å²) in [7, 11) is 0. The molecule has 7 heteroatoms. The Bertz CT molecular complexity index is 471. The van der Waals surface area contributed by atoms with Crippen molar-refractivity contribution in [1.29, 1.82) is 0 Å². The van der Waals surface area contributed by atoms with E-state index in [0.717, 1.165) is 25.9 Å². The number of carboxylic acids is 1. The van der Waals surface area contributed by atoms with E-state index in [2.05, 4.69) is 17.2 Å². The summed E-state index contributed by atoms with van der Waals surface area (Å²) in [5, 5.41) is 16.1. The van der Waals surface area contributed by atoms with Crippen LogP contribution < -0.4 is 0 Å². The van der Waals surface area contributed by atoms with Gasteiger partial charge in [-0.1, -0.05) is 12.1 Å². The number of likely N-dealkylation sites (tertiary alicyclic amines) is 1. The standard InChI is InChI=1S/C12H18N4O3/c1-9-3-2-4-15(6-9)11(17)8-16-7-10(13-14-16)5-12(18)19/h7,9H,2-6,8H2,1H3,(H,18,19). The minimum Gasteiger partial charge on any atom is -0.481 e. The molecule has 1 aromatic rings. The summed E-state index contributed by atoms with van der Waals surface area (Å²) in [6.07, 6.45) is 3.54. The van der Waals surface area contributed by atoms with Crippen molar-refractivity contribution in [1.82, 2.24) is 19.9 Å². The molecule has 2 rings (SSSR count). The van der Waals surface area contributed by atoms with Crippen LogP contribution in [0.25, 0.3) is 0 Å². The first-order valence-corrected chi connectivity index (χ1v) is 6.43. The average molecular weight is 266 g/mol. The number of hydrogen-bond acceptors (Lipinski definition) is 4. The van der Waals surface area contributed by atoms with Gasteiger partial charge in [0, 0.05) is 19.3 Å². The Labute approximate surface area is 111 Å². The van der Waals surface area contributed by atoms with Crippen molar-refractivity contribution in [2.24, 2.45) is 5.92 Å². The van der Waals surface area contributed by atoms with E-state index < -0.39 is 5.97 Å². The average Bonchev–Trinajstić information content (AvgIpc) is 2.75. The molecule has 0 saturated carbocycles. The number of carbonyl (C=O) groups is 2. The molecule has 0 bridgehead atoms. The number of rotatable bonds is 4. The molecule has 1 saturated heterocycles. The van der Waals surface area contributed by atoms with Gasteiger partial charge in [-0.25, -0.2) is 4.68 Å². The highest BCUT2D eigenvalue weighted by molar-refractivity contribution is 5.76. The third-order valence-corrected chi connectivity index (χ3v) is 3.23. The maximum Gasteiger partial charge on any atom is 0.309 e. The highest BCUT2D eigenvalue weighted by atomic mass is 16.4. The molecule has 0 spiro atoms. The van der Waals surface area contributed by atoms with E-state index in [9.17, 15) is 9.59 Å². The van der Waals surface area contributed by atoms with Crippen LogP contribution in [0.3, 0.4) is 0 Å². The molecule has 1 aliphatic heterocycles. The Morgan fingerprint density at radius 2 is 2.32 bits per heavy atom. The molecule has 104 valence electrons. The molecule has 7 nitrogen and oxygen atoms in total. The number of piperidine rings is 1. The summed E-state index contributed by atoms with van der Waals surface area (Å²) >= 11 is 0. The Kier molecular flexibility index (Phi) is 4.13. The largest absolute Gasteiger partial charge is 0.481 e. The fourth-order valence-corrected chi connectivity index (χ4v) is 2.31. The third kappa shape index (κ3) is 3.77. The Morgan fingerprint density at radius 3 is 3.00 bits per heavy atom. The summed E-state index contributed by atoms with van der Waals surface area (Å²) < 4.78 is 1.40. The number of hydrogen-bond donors (Lipinski definition) is 1. The summed E-state index contributed by atoms with van der Waals surface area (Å²) in [6.45, 7) is 3.84. The number of carboxylic acid groups (broad SMARTS) is 1. The third-order valence-electron chi connectivity index (χ3n) is 3.23. The topological polar surface area (TPSA) is 88.3 Å². The Balaban J connectivity index is 1.91. The van der Waals surface area contributed by atoms with E-state index in [1.165, 1.54) is 10.9 Å². The SMILES string of the molecule is CC1CCCN(C(=O)Cn2cc(CC(=O)O)nn2)C1. The molecular formula is C12H18N4O3. The van der Waals surface area contributed by atoms with Crippen molar-refractivity contribution in [3.8, 4) is 0 Å². The van der Waals surface area contributed by atoms with Gasteiger partial charge in [0.25, 0.3) is 0 Å². The first-order chi connectivity index (χ1) is 9.04. The quantitative estimate of drug-likeness (QED) is 0.839. The van der Waals surface area contributed by atoms with Gasteiger partial charge < -0.3 is 10.0 Å². The Hall–Kier alpha value is -1.92. The lowest BCUT2D eigenvalue weighted by molar-refractivity contribution is -0.136. The fourth-order valence-electron chi connectivity index (χ4n) is 2.31. The molecule has 1 amide bonds. The van der Waals surface area contributed by atoms with E-state index in [1.54, 1.807) is 0 Å². The van der Waals surface area contributed by atoms with Crippen LogP contribution in [0.1, 0.15) is 25.5 Å². The molecule has 1 aromatic heterocycles. The van der Waals surface area contributed by atoms with E-state index >= 15 is 0 Å². The highest BCUT2D eigenvalue weighted by Gasteiger charge is 2.21. The lowest BCUT2D eigenvalue weighted by Gasteiger charge is -2.30. The zero-order chi connectivity index (χ0) is 13.8. The van der Waals surface area contributed by atoms with Gasteiger partial charge in [-0.2, -0.15) is 0 Å². The van der Waals surface area contributed by atoms with Crippen LogP contribution in [0.15, 0.2) is 6.20 Å². The summed E-state index contributed by atoms with van der Waals surface area (Å²) in [6, 6.07) is 0. The van der Waals surface area contributed by atoms with Crippen LogP contribution in [0, 0.1) is 5.92 Å². The van der Waals surface area contributed by atoms with Crippen molar-refractivity contribution in [2.45, 2.75) is 32.7 Å². The minimum atomic E-state index is -0.955. The maximum absolute atomic E-state index is 12.1. The molecule has 1 atom stereocenters. The smallest absolute Gasteiger partial charge is 0.309 e. The van der Waals surface area contributed by atoms with Gasteiger partial charge >= 0.3 is 5.97 Å². The molecule has 2 heterocycles. The predicted octanol–water partition coefficient (Wildman–Crippen LogP) is 0.164. The fraction of sp³-hybridized carbons (Fsp3) is 0.667. The van der Waals surface area contributed by atoms with E-state index in [-0.39, 0.29) is 18.9 Å². The van der Waals surface area contributed by atoms with E-state index in [0.29, 0.717) is 11.6 Å². The van der Waals surface area contributed by atoms with Gasteiger partial charge in [0.1, 0.15) is 6.54 Å². The second-order valence-electron chi connectivity index (χ2n) is 5.07. The monoisotopic (exact) mass is 266 g/mol. The van der Waals surface area contributed by atoms with Crippen LogP contribution in [0.4, 0.5) is 0 Å². The molecule has 1 fully saturated rings. The van der Waals surface area contributed by atoms with Gasteiger partial charge in [0.05, 0.1) is 12.1 Å². The van der Waals surface area contributed by atoms with Crippen molar-refractivity contribution < 1.29 is 14.7 Å². The van der Waals surface area contributed by atoms with Crippen LogP contribution in [0.2, 0.25) is 0 Å². The van der Waals surface area contributed by atoms with Gasteiger partial charge in [-0.15, -0.1) is 5.10 Å². The Morgan fingerprint density at radius 1 is 1.53 bits per heavy atom. The molecular weight excluding hydrogens is 248 g/mol. The number of amides is 1. The first kappa shape index (κ1) is 13.5. The number of aliphatic carboxylic acids is 1. The number of nitrogens with zero attached hydrogens (tertiary/aromatic N) is 4. The van der Waals surface area contributed by atoms with Crippen molar-refractivity contribution in [2.75, 3.05) is 13.1 Å². The summed E-state index contributed by atoms with van der Waals surface area (Å²) in [5.74, 6) is -0.405. The second kappa shape index (κ2) is 5.81. The van der Waals surface area contributed by atoms with Crippen molar-refractivity contribution in [3.63, 3.8) is 0 Å². The van der Waals surface area contributed by atoms with E-state index in [1.807, 2.05) is 4.90 Å². The molecule has 1 aliphatic rings. The van der Waals surface area contributed by atoms with Crippen LogP contribution in [-0.2, 0) is 22.6 Å². The summed E-state index contributed by atoms with van der Waals surface area (Å²) in [4.78, 5) is 24.4. The van der Waals surface area contributed by atoms with Crippen molar-refractivity contribution in [3.05, 3.63) is 11.9 Å². The molecule has 1 unspecified atom stereocenters. The maximum atomic E-state index is 12.1. The predicted molar refractivity (Wildman–Crippen MR) is 66.3 cm³/mol. The number of carbonyl (C=O) groups excluding carboxylic acids is 1. The molecule has 19 heavy (non-hydrogen) atoms. The van der Waals surface area contributed by atoms with Gasteiger partial charge in [0.2, 0.25) is 5.91 Å². The van der Waals surface area contributed by atoms with Crippen LogP contribution in [-0.4, -0.2) is 50.0 Å². The minimum absolute atomic E-state index is 0.0123. The molecule has 0 radical (unpaired) electrons. The zero-order valence-electron chi connectivity index (χ0n) is 10.9. The van der Waals surface area contributed by atoms with Crippen LogP contribution >= 0.6 is 0 Å². The highest BCUT2D eigenvalue weighted by Crippen LogP contribution is 2.15. The van der Waals surface area contributed by atoms with E-state index in [4.69, 9.17) is 5.11 Å². The lowest BCUT2D eigenvalue weighted by atomic mass is 10.0. The zero-order valence-corrected chi connectivity index (χ0v) is 10.9. The molecule has 0 aliphatic carbocycles. The lowest BCUT2D eigenvalue weighted by Crippen LogP contribution is -2.40. The van der Waals surface area contributed by atoms with Crippen molar-refractivity contribution >= 4 is 11.9 Å².